The van der Waals surface area contributed by atoms with Gasteiger partial charge in [0.2, 0.25) is 0 Å². The molecule has 0 bridgehead atoms. The fourth-order valence-electron chi connectivity index (χ4n) is 1.41. The number of allylic oxidation sites excluding steroid dienone is 1. The van der Waals surface area contributed by atoms with Gasteiger partial charge in [0, 0.05) is 6.54 Å². The minimum atomic E-state index is 0.242. The molecule has 13 heavy (non-hydrogen) atoms. The average molecular weight is 181 g/mol. The molecule has 0 spiro atoms. The molecule has 2 heteroatoms. The van der Waals surface area contributed by atoms with E-state index in [0.717, 1.165) is 12.8 Å². The number of hydrogen-bond acceptors (Lipinski definition) is 2. The number of hydrogen-bond donors (Lipinski definition) is 1. The van der Waals surface area contributed by atoms with Gasteiger partial charge in [-0.3, -0.25) is 0 Å². The van der Waals surface area contributed by atoms with E-state index in [9.17, 15) is 0 Å². The lowest BCUT2D eigenvalue weighted by molar-refractivity contribution is 0.164. The summed E-state index contributed by atoms with van der Waals surface area (Å²) in [6.07, 6.45) is 8.45. The highest BCUT2D eigenvalue weighted by Gasteiger charge is 2.10. The van der Waals surface area contributed by atoms with E-state index in [2.05, 4.69) is 26.0 Å². The fraction of sp³-hybridized carbons (Fsp3) is 0.636. The second-order valence-corrected chi connectivity index (χ2v) is 3.72. The Kier molecular flexibility index (Phi) is 4.03. The zero-order valence-electron chi connectivity index (χ0n) is 8.49. The molecule has 2 nitrogen and oxygen atoms in total. The first kappa shape index (κ1) is 10.3. The maximum atomic E-state index is 5.65. The van der Waals surface area contributed by atoms with Crippen LogP contribution in [-0.4, -0.2) is 12.6 Å². The van der Waals surface area contributed by atoms with Gasteiger partial charge in [-0.05, 0) is 30.9 Å². The van der Waals surface area contributed by atoms with Crippen molar-refractivity contribution in [3.8, 4) is 0 Å². The minimum Gasteiger partial charge on any atom is -0.494 e. The van der Waals surface area contributed by atoms with Crippen LogP contribution in [-0.2, 0) is 4.74 Å². The van der Waals surface area contributed by atoms with Crippen LogP contribution in [0.15, 0.2) is 24.0 Å². The van der Waals surface area contributed by atoms with Gasteiger partial charge in [0.05, 0.1) is 6.26 Å². The molecule has 1 unspecified atom stereocenters. The summed E-state index contributed by atoms with van der Waals surface area (Å²) in [7, 11) is 0. The van der Waals surface area contributed by atoms with Crippen molar-refractivity contribution in [2.45, 2.75) is 32.8 Å². The lowest BCUT2D eigenvalue weighted by atomic mass is 10.00. The molecule has 1 aliphatic rings. The van der Waals surface area contributed by atoms with Gasteiger partial charge < -0.3 is 10.5 Å². The summed E-state index contributed by atoms with van der Waals surface area (Å²) in [5, 5.41) is 0. The van der Waals surface area contributed by atoms with Crippen LogP contribution < -0.4 is 5.73 Å². The van der Waals surface area contributed by atoms with Crippen LogP contribution in [0.3, 0.4) is 0 Å². The van der Waals surface area contributed by atoms with Crippen molar-refractivity contribution in [3.05, 3.63) is 24.0 Å². The SMILES string of the molecule is CC(C)/C(=C\C1CCC=CO1)CN. The van der Waals surface area contributed by atoms with E-state index in [-0.39, 0.29) is 6.10 Å². The van der Waals surface area contributed by atoms with Crippen molar-refractivity contribution < 1.29 is 4.74 Å². The minimum absolute atomic E-state index is 0.242. The lowest BCUT2D eigenvalue weighted by Gasteiger charge is -2.18. The van der Waals surface area contributed by atoms with Crippen molar-refractivity contribution in [3.63, 3.8) is 0 Å². The predicted octanol–water partition coefficient (Wildman–Crippen LogP) is 2.22. The largest absolute Gasteiger partial charge is 0.494 e. The van der Waals surface area contributed by atoms with Crippen molar-refractivity contribution in [1.82, 2.24) is 0 Å². The highest BCUT2D eigenvalue weighted by molar-refractivity contribution is 5.10. The molecule has 1 rings (SSSR count). The van der Waals surface area contributed by atoms with E-state index in [1.165, 1.54) is 5.57 Å². The Morgan fingerprint density at radius 1 is 1.69 bits per heavy atom. The monoisotopic (exact) mass is 181 g/mol. The number of nitrogens with two attached hydrogens (primary N) is 1. The molecule has 74 valence electrons. The maximum Gasteiger partial charge on any atom is 0.117 e. The van der Waals surface area contributed by atoms with Gasteiger partial charge >= 0.3 is 0 Å². The molecule has 0 fully saturated rings. The summed E-state index contributed by atoms with van der Waals surface area (Å²) in [5.74, 6) is 0.527. The summed E-state index contributed by atoms with van der Waals surface area (Å²) >= 11 is 0. The highest BCUT2D eigenvalue weighted by atomic mass is 16.5. The Balaban J connectivity index is 2.55. The van der Waals surface area contributed by atoms with Gasteiger partial charge in [-0.1, -0.05) is 19.4 Å². The topological polar surface area (TPSA) is 35.2 Å². The number of rotatable bonds is 3. The van der Waals surface area contributed by atoms with Gasteiger partial charge in [0.25, 0.3) is 0 Å². The van der Waals surface area contributed by atoms with Crippen molar-refractivity contribution in [2.75, 3.05) is 6.54 Å². The Morgan fingerprint density at radius 2 is 2.46 bits per heavy atom. The number of ether oxygens (including phenoxy) is 1. The van der Waals surface area contributed by atoms with E-state index < -0.39 is 0 Å². The normalized spacial score (nSPS) is 23.4. The standard InChI is InChI=1S/C11H19NO/c1-9(2)10(8-12)7-11-5-3-4-6-13-11/h4,6-7,9,11H,3,5,8,12H2,1-2H3/b10-7-. The Labute approximate surface area is 80.5 Å². The molecule has 1 heterocycles. The first-order chi connectivity index (χ1) is 6.24. The van der Waals surface area contributed by atoms with Gasteiger partial charge in [-0.2, -0.15) is 0 Å². The highest BCUT2D eigenvalue weighted by Crippen LogP contribution is 2.16. The molecular formula is C11H19NO. The molecule has 0 aliphatic carbocycles. The zero-order chi connectivity index (χ0) is 9.68. The molecule has 0 amide bonds. The van der Waals surface area contributed by atoms with E-state index in [4.69, 9.17) is 10.5 Å². The van der Waals surface area contributed by atoms with E-state index in [1.807, 2.05) is 0 Å². The van der Waals surface area contributed by atoms with Gasteiger partial charge in [0.1, 0.15) is 6.10 Å². The summed E-state index contributed by atoms with van der Waals surface area (Å²) in [5.41, 5.74) is 6.94. The molecule has 0 aromatic carbocycles. The molecule has 0 aromatic rings. The summed E-state index contributed by atoms with van der Waals surface area (Å²) in [6.45, 7) is 4.97. The van der Waals surface area contributed by atoms with Crippen LogP contribution in [0.2, 0.25) is 0 Å². The molecule has 0 saturated carbocycles. The van der Waals surface area contributed by atoms with Crippen LogP contribution in [0.5, 0.6) is 0 Å². The average Bonchev–Trinajstić information content (AvgIpc) is 2.15. The molecule has 0 radical (unpaired) electrons. The molecule has 1 atom stereocenters. The van der Waals surface area contributed by atoms with Crippen LogP contribution in [0, 0.1) is 5.92 Å². The molecule has 1 aliphatic heterocycles. The first-order valence-corrected chi connectivity index (χ1v) is 4.95. The summed E-state index contributed by atoms with van der Waals surface area (Å²) in [6, 6.07) is 0. The second-order valence-electron chi connectivity index (χ2n) is 3.72. The van der Waals surface area contributed by atoms with Crippen molar-refractivity contribution >= 4 is 0 Å². The lowest BCUT2D eigenvalue weighted by Crippen LogP contribution is -2.15. The quantitative estimate of drug-likeness (QED) is 0.677. The molecule has 2 N–H and O–H groups in total. The molecule has 0 saturated heterocycles. The third-order valence-electron chi connectivity index (χ3n) is 2.34. The summed E-state index contributed by atoms with van der Waals surface area (Å²) < 4.78 is 5.45. The van der Waals surface area contributed by atoms with Gasteiger partial charge in [0.15, 0.2) is 0 Å². The van der Waals surface area contributed by atoms with E-state index >= 15 is 0 Å². The first-order valence-electron chi connectivity index (χ1n) is 4.95. The van der Waals surface area contributed by atoms with Crippen LogP contribution in [0.4, 0.5) is 0 Å². The van der Waals surface area contributed by atoms with Crippen LogP contribution >= 0.6 is 0 Å². The van der Waals surface area contributed by atoms with Crippen molar-refractivity contribution in [2.24, 2.45) is 11.7 Å². The van der Waals surface area contributed by atoms with Crippen LogP contribution in [0.25, 0.3) is 0 Å². The second kappa shape index (κ2) is 5.07. The Bertz CT molecular complexity index is 206. The van der Waals surface area contributed by atoms with Gasteiger partial charge in [-0.15, -0.1) is 0 Å². The fourth-order valence-corrected chi connectivity index (χ4v) is 1.41. The maximum absolute atomic E-state index is 5.65. The Hall–Kier alpha value is -0.760. The predicted molar refractivity (Wildman–Crippen MR) is 55.2 cm³/mol. The Morgan fingerprint density at radius 3 is 2.92 bits per heavy atom. The van der Waals surface area contributed by atoms with Gasteiger partial charge in [-0.25, -0.2) is 0 Å². The smallest absolute Gasteiger partial charge is 0.117 e. The summed E-state index contributed by atoms with van der Waals surface area (Å²) in [4.78, 5) is 0. The molecular weight excluding hydrogens is 162 g/mol. The van der Waals surface area contributed by atoms with E-state index in [0.29, 0.717) is 12.5 Å². The molecule has 0 aromatic heterocycles. The third kappa shape index (κ3) is 3.23. The van der Waals surface area contributed by atoms with E-state index in [1.54, 1.807) is 6.26 Å². The zero-order valence-corrected chi connectivity index (χ0v) is 8.49. The van der Waals surface area contributed by atoms with Crippen LogP contribution in [0.1, 0.15) is 26.7 Å². The third-order valence-corrected chi connectivity index (χ3v) is 2.34. The van der Waals surface area contributed by atoms with Crippen molar-refractivity contribution in [1.29, 1.82) is 0 Å².